The van der Waals surface area contributed by atoms with Crippen LogP contribution in [0, 0.1) is 0 Å². The number of halogens is 1. The van der Waals surface area contributed by atoms with Crippen LogP contribution in [0.5, 0.6) is 5.75 Å². The molecule has 0 aliphatic carbocycles. The van der Waals surface area contributed by atoms with Gasteiger partial charge in [-0.3, -0.25) is 9.69 Å². The third-order valence-corrected chi connectivity index (χ3v) is 5.11. The van der Waals surface area contributed by atoms with Gasteiger partial charge in [-0.25, -0.2) is 0 Å². The summed E-state index contributed by atoms with van der Waals surface area (Å²) in [7, 11) is 3.63. The van der Waals surface area contributed by atoms with Crippen LogP contribution in [0.3, 0.4) is 0 Å². The molecule has 0 spiro atoms. The summed E-state index contributed by atoms with van der Waals surface area (Å²) in [5, 5.41) is 0.663. The van der Waals surface area contributed by atoms with Crippen molar-refractivity contribution in [3.63, 3.8) is 0 Å². The Morgan fingerprint density at radius 1 is 1.19 bits per heavy atom. The van der Waals surface area contributed by atoms with Crippen LogP contribution in [0.2, 0.25) is 5.02 Å². The molecule has 1 heterocycles. The number of benzene rings is 2. The molecule has 5 heteroatoms. The van der Waals surface area contributed by atoms with E-state index >= 15 is 0 Å². The molecule has 1 fully saturated rings. The van der Waals surface area contributed by atoms with E-state index in [4.69, 9.17) is 16.3 Å². The Kier molecular flexibility index (Phi) is 6.17. The third-order valence-electron chi connectivity index (χ3n) is 4.87. The molecule has 1 saturated heterocycles. The molecular weight excluding hydrogens is 348 g/mol. The zero-order chi connectivity index (χ0) is 18.5. The van der Waals surface area contributed by atoms with Crippen LogP contribution in [-0.4, -0.2) is 43.0 Å². The highest BCUT2D eigenvalue weighted by Crippen LogP contribution is 2.29. The quantitative estimate of drug-likeness (QED) is 0.763. The number of carbonyl (C=O) groups is 1. The van der Waals surface area contributed by atoms with Crippen LogP contribution in [-0.2, 0) is 11.3 Å². The van der Waals surface area contributed by atoms with Crippen LogP contribution in [0.1, 0.15) is 30.0 Å². The van der Waals surface area contributed by atoms with E-state index in [0.717, 1.165) is 42.8 Å². The fraction of sp³-hybridized carbons (Fsp3) is 0.381. The van der Waals surface area contributed by atoms with Gasteiger partial charge in [0, 0.05) is 30.2 Å². The Balaban J connectivity index is 1.89. The molecule has 1 aliphatic rings. The monoisotopic (exact) mass is 372 g/mol. The third kappa shape index (κ3) is 4.19. The first-order valence-electron chi connectivity index (χ1n) is 8.96. The van der Waals surface area contributed by atoms with Crippen molar-refractivity contribution in [2.75, 3.05) is 27.2 Å². The number of likely N-dealkylation sites (tertiary alicyclic amines) is 1. The van der Waals surface area contributed by atoms with Gasteiger partial charge in [0.2, 0.25) is 5.91 Å². The van der Waals surface area contributed by atoms with Crippen molar-refractivity contribution in [3.05, 3.63) is 64.7 Å². The standard InChI is InChI=1S/C21H25ClN2O2/c1-23(15-17-14-18(22)10-11-19(17)26-2)20(16-8-4-3-5-9-16)21(25)24-12-6-7-13-24/h3-5,8-11,14,20H,6-7,12-13,15H2,1-2H3. The summed E-state index contributed by atoms with van der Waals surface area (Å²) in [4.78, 5) is 17.3. The van der Waals surface area contributed by atoms with Crippen LogP contribution in [0.4, 0.5) is 0 Å². The van der Waals surface area contributed by atoms with Crippen LogP contribution >= 0.6 is 11.6 Å². The van der Waals surface area contributed by atoms with Gasteiger partial charge < -0.3 is 9.64 Å². The van der Waals surface area contributed by atoms with Crippen molar-refractivity contribution in [2.45, 2.75) is 25.4 Å². The van der Waals surface area contributed by atoms with E-state index in [1.165, 1.54) is 0 Å². The zero-order valence-electron chi connectivity index (χ0n) is 15.3. The van der Waals surface area contributed by atoms with Gasteiger partial charge in [-0.05, 0) is 43.7 Å². The van der Waals surface area contributed by atoms with Crippen LogP contribution in [0.15, 0.2) is 48.5 Å². The van der Waals surface area contributed by atoms with Crippen molar-refractivity contribution >= 4 is 17.5 Å². The van der Waals surface area contributed by atoms with Crippen LogP contribution in [0.25, 0.3) is 0 Å². The number of carbonyl (C=O) groups excluding carboxylic acids is 1. The van der Waals surface area contributed by atoms with Crippen molar-refractivity contribution in [3.8, 4) is 5.75 Å². The van der Waals surface area contributed by atoms with Gasteiger partial charge in [-0.2, -0.15) is 0 Å². The van der Waals surface area contributed by atoms with Gasteiger partial charge in [-0.1, -0.05) is 41.9 Å². The number of ether oxygens (including phenoxy) is 1. The van der Waals surface area contributed by atoms with E-state index in [2.05, 4.69) is 4.90 Å². The van der Waals surface area contributed by atoms with Crippen LogP contribution < -0.4 is 4.74 Å². The maximum Gasteiger partial charge on any atom is 0.244 e. The predicted octanol–water partition coefficient (Wildman–Crippen LogP) is 4.14. The van der Waals surface area contributed by atoms with Gasteiger partial charge in [0.15, 0.2) is 0 Å². The molecule has 0 aromatic heterocycles. The van der Waals surface area contributed by atoms with Crippen molar-refractivity contribution in [1.82, 2.24) is 9.80 Å². The first kappa shape index (κ1) is 18.7. The van der Waals surface area contributed by atoms with E-state index in [1.54, 1.807) is 7.11 Å². The molecular formula is C21H25ClN2O2. The number of hydrogen-bond acceptors (Lipinski definition) is 3. The lowest BCUT2D eigenvalue weighted by atomic mass is 10.0. The van der Waals surface area contributed by atoms with Gasteiger partial charge in [0.1, 0.15) is 11.8 Å². The molecule has 1 unspecified atom stereocenters. The lowest BCUT2D eigenvalue weighted by Crippen LogP contribution is -2.40. The Hall–Kier alpha value is -2.04. The second kappa shape index (κ2) is 8.56. The predicted molar refractivity (Wildman–Crippen MR) is 104 cm³/mol. The SMILES string of the molecule is COc1ccc(Cl)cc1CN(C)C(C(=O)N1CCCC1)c1ccccc1. The van der Waals surface area contributed by atoms with E-state index in [9.17, 15) is 4.79 Å². The first-order chi connectivity index (χ1) is 12.6. The minimum atomic E-state index is -0.321. The minimum absolute atomic E-state index is 0.164. The maximum absolute atomic E-state index is 13.2. The maximum atomic E-state index is 13.2. The molecule has 1 amide bonds. The molecule has 1 atom stereocenters. The summed E-state index contributed by atoms with van der Waals surface area (Å²) in [5.74, 6) is 0.943. The highest BCUT2D eigenvalue weighted by atomic mass is 35.5. The lowest BCUT2D eigenvalue weighted by Gasteiger charge is -2.31. The Labute approximate surface area is 160 Å². The Morgan fingerprint density at radius 2 is 1.88 bits per heavy atom. The molecule has 2 aromatic rings. The largest absolute Gasteiger partial charge is 0.496 e. The Bertz CT molecular complexity index is 745. The zero-order valence-corrected chi connectivity index (χ0v) is 16.1. The van der Waals surface area contributed by atoms with Crippen molar-refractivity contribution < 1.29 is 9.53 Å². The molecule has 138 valence electrons. The second-order valence-electron chi connectivity index (χ2n) is 6.72. The molecule has 26 heavy (non-hydrogen) atoms. The summed E-state index contributed by atoms with van der Waals surface area (Å²) < 4.78 is 5.47. The molecule has 1 aliphatic heterocycles. The van der Waals surface area contributed by atoms with E-state index in [0.29, 0.717) is 11.6 Å². The average Bonchev–Trinajstić information content (AvgIpc) is 3.18. The minimum Gasteiger partial charge on any atom is -0.496 e. The van der Waals surface area contributed by atoms with Gasteiger partial charge in [-0.15, -0.1) is 0 Å². The summed E-state index contributed by atoms with van der Waals surface area (Å²) in [6.07, 6.45) is 2.16. The fourth-order valence-corrected chi connectivity index (χ4v) is 3.76. The average molecular weight is 373 g/mol. The van der Waals surface area contributed by atoms with Crippen molar-refractivity contribution in [2.24, 2.45) is 0 Å². The lowest BCUT2D eigenvalue weighted by molar-refractivity contribution is -0.136. The van der Waals surface area contributed by atoms with Gasteiger partial charge >= 0.3 is 0 Å². The number of hydrogen-bond donors (Lipinski definition) is 0. The molecule has 0 bridgehead atoms. The summed E-state index contributed by atoms with van der Waals surface area (Å²) >= 11 is 6.17. The Morgan fingerprint density at radius 3 is 2.54 bits per heavy atom. The smallest absolute Gasteiger partial charge is 0.244 e. The molecule has 4 nitrogen and oxygen atoms in total. The highest BCUT2D eigenvalue weighted by Gasteiger charge is 2.31. The molecule has 0 saturated carbocycles. The normalized spacial score (nSPS) is 15.3. The number of likely N-dealkylation sites (N-methyl/N-ethyl adjacent to an activating group) is 1. The number of nitrogens with zero attached hydrogens (tertiary/aromatic N) is 2. The summed E-state index contributed by atoms with van der Waals surface area (Å²) in [5.41, 5.74) is 1.98. The number of rotatable bonds is 6. The molecule has 0 radical (unpaired) electrons. The van der Waals surface area contributed by atoms with E-state index in [-0.39, 0.29) is 11.9 Å². The van der Waals surface area contributed by atoms with Crippen molar-refractivity contribution in [1.29, 1.82) is 0 Å². The van der Waals surface area contributed by atoms with E-state index in [1.807, 2.05) is 60.5 Å². The summed E-state index contributed by atoms with van der Waals surface area (Å²) in [6.45, 7) is 2.26. The molecule has 3 rings (SSSR count). The second-order valence-corrected chi connectivity index (χ2v) is 7.15. The topological polar surface area (TPSA) is 32.8 Å². The number of methoxy groups -OCH3 is 1. The fourth-order valence-electron chi connectivity index (χ4n) is 3.56. The summed E-state index contributed by atoms with van der Waals surface area (Å²) in [6, 6.07) is 15.2. The number of amides is 1. The molecule has 0 N–H and O–H groups in total. The highest BCUT2D eigenvalue weighted by molar-refractivity contribution is 6.30. The van der Waals surface area contributed by atoms with Gasteiger partial charge in [0.05, 0.1) is 7.11 Å². The first-order valence-corrected chi connectivity index (χ1v) is 9.34. The van der Waals surface area contributed by atoms with Gasteiger partial charge in [0.25, 0.3) is 0 Å². The van der Waals surface area contributed by atoms with E-state index < -0.39 is 0 Å². The molecule has 2 aromatic carbocycles.